The predicted molar refractivity (Wildman–Crippen MR) is 118 cm³/mol. The zero-order valence-corrected chi connectivity index (χ0v) is 18.2. The molecule has 2 aromatic rings. The molecule has 2 amide bonds. The van der Waals surface area contributed by atoms with Gasteiger partial charge in [0.2, 0.25) is 5.91 Å². The molecule has 0 atom stereocenters. The molecular weight excluding hydrogens is 412 g/mol. The number of aliphatic carboxylic acids is 1. The first-order valence-corrected chi connectivity index (χ1v) is 10.5. The molecule has 0 saturated carbocycles. The lowest BCUT2D eigenvalue weighted by atomic mass is 9.94. The Balaban J connectivity index is 1.36. The maximum absolute atomic E-state index is 12.1. The van der Waals surface area contributed by atoms with Gasteiger partial charge in [0.1, 0.15) is 13.2 Å². The van der Waals surface area contributed by atoms with E-state index in [2.05, 4.69) is 34.9 Å². The summed E-state index contributed by atoms with van der Waals surface area (Å²) in [7, 11) is 0. The number of hydrogen-bond acceptors (Lipinski definition) is 5. The number of carboxylic acids is 1. The van der Waals surface area contributed by atoms with E-state index in [9.17, 15) is 14.4 Å². The first-order valence-electron chi connectivity index (χ1n) is 10.5. The average Bonchev–Trinajstić information content (AvgIpc) is 3.10. The molecule has 8 nitrogen and oxygen atoms in total. The summed E-state index contributed by atoms with van der Waals surface area (Å²) in [5.41, 5.74) is 3.55. The molecule has 1 aliphatic carbocycles. The largest absolute Gasteiger partial charge is 0.481 e. The van der Waals surface area contributed by atoms with E-state index in [1.54, 1.807) is 0 Å². The second-order valence-corrected chi connectivity index (χ2v) is 8.27. The van der Waals surface area contributed by atoms with Crippen molar-refractivity contribution in [2.75, 3.05) is 32.9 Å². The lowest BCUT2D eigenvalue weighted by Gasteiger charge is -2.19. The molecule has 0 unspecified atom stereocenters. The summed E-state index contributed by atoms with van der Waals surface area (Å²) in [6.45, 7) is 3.36. The zero-order valence-electron chi connectivity index (χ0n) is 18.2. The number of carbonyl (C=O) groups excluding carboxylic acids is 2. The molecule has 0 radical (unpaired) electrons. The van der Waals surface area contributed by atoms with Crippen LogP contribution in [0.25, 0.3) is 11.1 Å². The SMILES string of the molecule is CC(C)(CNC(=O)COCCNC(=O)OCC1c2ccccc2-c2ccccc21)C(=O)O. The predicted octanol–water partition coefficient (Wildman–Crippen LogP) is 2.77. The van der Waals surface area contributed by atoms with E-state index in [1.165, 1.54) is 13.8 Å². The van der Waals surface area contributed by atoms with Crippen molar-refractivity contribution < 1.29 is 29.0 Å². The third kappa shape index (κ3) is 5.64. The molecule has 0 heterocycles. The van der Waals surface area contributed by atoms with Crippen molar-refractivity contribution in [3.8, 4) is 11.1 Å². The minimum Gasteiger partial charge on any atom is -0.481 e. The topological polar surface area (TPSA) is 114 Å². The minimum absolute atomic E-state index is 0.00251. The van der Waals surface area contributed by atoms with Crippen LogP contribution < -0.4 is 10.6 Å². The molecular formula is C24H28N2O6. The van der Waals surface area contributed by atoms with Gasteiger partial charge in [-0.25, -0.2) is 4.79 Å². The van der Waals surface area contributed by atoms with Crippen molar-refractivity contribution in [2.24, 2.45) is 5.41 Å². The first kappa shape index (κ1) is 23.3. The van der Waals surface area contributed by atoms with E-state index >= 15 is 0 Å². The normalized spacial score (nSPS) is 12.6. The highest BCUT2D eigenvalue weighted by atomic mass is 16.5. The van der Waals surface area contributed by atoms with Crippen LogP contribution in [0.5, 0.6) is 0 Å². The Kier molecular flexibility index (Phi) is 7.48. The Morgan fingerprint density at radius 1 is 0.969 bits per heavy atom. The summed E-state index contributed by atoms with van der Waals surface area (Å²) in [5, 5.41) is 14.1. The third-order valence-corrected chi connectivity index (χ3v) is 5.40. The van der Waals surface area contributed by atoms with Gasteiger partial charge in [-0.2, -0.15) is 0 Å². The molecule has 3 rings (SSSR count). The number of amides is 2. The quantitative estimate of drug-likeness (QED) is 0.490. The summed E-state index contributed by atoms with van der Waals surface area (Å²) >= 11 is 0. The number of carbonyl (C=O) groups is 3. The van der Waals surface area contributed by atoms with Crippen molar-refractivity contribution in [1.82, 2.24) is 10.6 Å². The van der Waals surface area contributed by atoms with Gasteiger partial charge >= 0.3 is 12.1 Å². The van der Waals surface area contributed by atoms with E-state index in [1.807, 2.05) is 24.3 Å². The van der Waals surface area contributed by atoms with E-state index in [-0.39, 0.29) is 38.8 Å². The van der Waals surface area contributed by atoms with Gasteiger partial charge < -0.3 is 25.2 Å². The Hall–Kier alpha value is -3.39. The number of benzene rings is 2. The van der Waals surface area contributed by atoms with Crippen LogP contribution in [0.15, 0.2) is 48.5 Å². The molecule has 0 fully saturated rings. The molecule has 0 aliphatic heterocycles. The van der Waals surface area contributed by atoms with Gasteiger partial charge in [0.05, 0.1) is 12.0 Å². The molecule has 0 saturated heterocycles. The summed E-state index contributed by atoms with van der Waals surface area (Å²) in [5.74, 6) is -1.42. The Bertz CT molecular complexity index is 942. The maximum atomic E-state index is 12.1. The third-order valence-electron chi connectivity index (χ3n) is 5.40. The van der Waals surface area contributed by atoms with Crippen LogP contribution in [-0.4, -0.2) is 56.0 Å². The van der Waals surface area contributed by atoms with Gasteiger partial charge in [-0.1, -0.05) is 48.5 Å². The Morgan fingerprint density at radius 2 is 1.56 bits per heavy atom. The van der Waals surface area contributed by atoms with Crippen molar-refractivity contribution >= 4 is 18.0 Å². The Morgan fingerprint density at radius 3 is 2.16 bits per heavy atom. The number of fused-ring (bicyclic) bond motifs is 3. The van der Waals surface area contributed by atoms with Gasteiger partial charge in [-0.05, 0) is 36.1 Å². The van der Waals surface area contributed by atoms with Gasteiger partial charge in [0.15, 0.2) is 0 Å². The smallest absolute Gasteiger partial charge is 0.407 e. The van der Waals surface area contributed by atoms with Crippen LogP contribution in [0.3, 0.4) is 0 Å². The van der Waals surface area contributed by atoms with E-state index in [0.717, 1.165) is 22.3 Å². The fourth-order valence-corrected chi connectivity index (χ4v) is 3.49. The first-order chi connectivity index (χ1) is 15.3. The number of alkyl carbamates (subject to hydrolysis) is 1. The van der Waals surface area contributed by atoms with E-state index in [0.29, 0.717) is 0 Å². The molecule has 0 bridgehead atoms. The highest BCUT2D eigenvalue weighted by Gasteiger charge is 2.29. The lowest BCUT2D eigenvalue weighted by Crippen LogP contribution is -2.40. The monoisotopic (exact) mass is 440 g/mol. The van der Waals surface area contributed by atoms with Crippen LogP contribution >= 0.6 is 0 Å². The van der Waals surface area contributed by atoms with Crippen LogP contribution in [0, 0.1) is 5.41 Å². The molecule has 8 heteroatoms. The number of hydrogen-bond donors (Lipinski definition) is 3. The van der Waals surface area contributed by atoms with Crippen LogP contribution in [0.1, 0.15) is 30.9 Å². The standard InChI is InChI=1S/C24H28N2O6/c1-24(2,22(28)29)15-26-21(27)14-31-12-11-25-23(30)32-13-20-18-9-5-3-7-16(18)17-8-4-6-10-19(17)20/h3-10,20H,11-15H2,1-2H3,(H,25,30)(H,26,27)(H,28,29). The lowest BCUT2D eigenvalue weighted by molar-refractivity contribution is -0.146. The molecule has 32 heavy (non-hydrogen) atoms. The van der Waals surface area contributed by atoms with Crippen LogP contribution in [-0.2, 0) is 19.1 Å². The summed E-state index contributed by atoms with van der Waals surface area (Å²) in [6, 6.07) is 16.2. The van der Waals surface area contributed by atoms with Gasteiger partial charge in [0.25, 0.3) is 0 Å². The van der Waals surface area contributed by atoms with Crippen molar-refractivity contribution in [3.05, 3.63) is 59.7 Å². The number of ether oxygens (including phenoxy) is 2. The van der Waals surface area contributed by atoms with Crippen molar-refractivity contribution in [3.63, 3.8) is 0 Å². The highest BCUT2D eigenvalue weighted by molar-refractivity contribution is 5.80. The molecule has 0 spiro atoms. The number of rotatable bonds is 10. The highest BCUT2D eigenvalue weighted by Crippen LogP contribution is 2.44. The molecule has 2 aromatic carbocycles. The van der Waals surface area contributed by atoms with Crippen molar-refractivity contribution in [2.45, 2.75) is 19.8 Å². The second kappa shape index (κ2) is 10.3. The summed E-state index contributed by atoms with van der Waals surface area (Å²) in [4.78, 5) is 34.8. The van der Waals surface area contributed by atoms with Crippen LogP contribution in [0.4, 0.5) is 4.79 Å². The zero-order chi connectivity index (χ0) is 23.1. The fraction of sp³-hybridized carbons (Fsp3) is 0.375. The van der Waals surface area contributed by atoms with E-state index < -0.39 is 23.4 Å². The average molecular weight is 440 g/mol. The van der Waals surface area contributed by atoms with Crippen molar-refractivity contribution in [1.29, 1.82) is 0 Å². The Labute approximate surface area is 186 Å². The number of nitrogens with one attached hydrogen (secondary N) is 2. The number of carboxylic acid groups (broad SMARTS) is 1. The van der Waals surface area contributed by atoms with Gasteiger partial charge in [-0.3, -0.25) is 9.59 Å². The van der Waals surface area contributed by atoms with Gasteiger partial charge in [0, 0.05) is 19.0 Å². The second-order valence-electron chi connectivity index (χ2n) is 8.27. The van der Waals surface area contributed by atoms with E-state index in [4.69, 9.17) is 14.6 Å². The molecule has 0 aromatic heterocycles. The minimum atomic E-state index is -1.05. The molecule has 170 valence electrons. The maximum Gasteiger partial charge on any atom is 0.407 e. The fourth-order valence-electron chi connectivity index (χ4n) is 3.49. The molecule has 3 N–H and O–H groups in total. The summed E-state index contributed by atoms with van der Waals surface area (Å²) in [6.07, 6.45) is -0.553. The van der Waals surface area contributed by atoms with Gasteiger partial charge in [-0.15, -0.1) is 0 Å². The summed E-state index contributed by atoms with van der Waals surface area (Å²) < 4.78 is 10.6. The molecule has 1 aliphatic rings. The van der Waals surface area contributed by atoms with Crippen LogP contribution in [0.2, 0.25) is 0 Å².